The van der Waals surface area contributed by atoms with Gasteiger partial charge in [-0.1, -0.05) is 23.4 Å². The van der Waals surface area contributed by atoms with E-state index in [9.17, 15) is 4.79 Å². The minimum Gasteiger partial charge on any atom is -0.466 e. The molecule has 0 unspecified atom stereocenters. The molecule has 2 rings (SSSR count). The molecule has 0 fully saturated rings. The maximum atomic E-state index is 10.8. The molecule has 0 aliphatic carbocycles. The van der Waals surface area contributed by atoms with Crippen molar-refractivity contribution in [1.82, 2.24) is 0 Å². The molecule has 94 valence electrons. The molecule has 0 bridgehead atoms. The molecule has 0 atom stereocenters. The first-order valence-corrected chi connectivity index (χ1v) is 5.43. The van der Waals surface area contributed by atoms with Crippen LogP contribution in [-0.4, -0.2) is 25.4 Å². The fourth-order valence-corrected chi connectivity index (χ4v) is 1.45. The lowest BCUT2D eigenvalue weighted by molar-refractivity contribution is -0.145. The summed E-state index contributed by atoms with van der Waals surface area (Å²) in [6, 6.07) is 9.53. The van der Waals surface area contributed by atoms with E-state index >= 15 is 0 Å². The van der Waals surface area contributed by atoms with Gasteiger partial charge < -0.3 is 14.0 Å². The maximum Gasteiger partial charge on any atom is 0.346 e. The Balaban J connectivity index is 2.10. The Morgan fingerprint density at radius 1 is 1.39 bits per heavy atom. The quantitative estimate of drug-likeness (QED) is 0.472. The molecule has 1 aromatic carbocycles. The second-order valence-corrected chi connectivity index (χ2v) is 3.67. The fraction of sp³-hybridized carbons (Fsp3) is 0.231. The summed E-state index contributed by atoms with van der Waals surface area (Å²) in [4.78, 5) is 15.7. The number of hydrogen-bond donors (Lipinski definition) is 0. The van der Waals surface area contributed by atoms with Gasteiger partial charge in [0.1, 0.15) is 11.3 Å². The van der Waals surface area contributed by atoms with Gasteiger partial charge in [-0.05, 0) is 19.1 Å². The van der Waals surface area contributed by atoms with Crippen LogP contribution in [0.2, 0.25) is 0 Å². The molecule has 0 aliphatic rings. The monoisotopic (exact) mass is 247 g/mol. The summed E-state index contributed by atoms with van der Waals surface area (Å²) in [5.41, 5.74) is 1.35. The van der Waals surface area contributed by atoms with Gasteiger partial charge in [-0.25, -0.2) is 4.79 Å². The van der Waals surface area contributed by atoms with Gasteiger partial charge in [-0.15, -0.1) is 0 Å². The van der Waals surface area contributed by atoms with E-state index in [2.05, 4.69) is 9.89 Å². The third-order valence-corrected chi connectivity index (χ3v) is 2.39. The van der Waals surface area contributed by atoms with Gasteiger partial charge in [0.2, 0.25) is 6.61 Å². The van der Waals surface area contributed by atoms with Crippen molar-refractivity contribution in [2.24, 2.45) is 5.16 Å². The molecule has 5 heteroatoms. The summed E-state index contributed by atoms with van der Waals surface area (Å²) in [5, 5.41) is 4.80. The lowest BCUT2D eigenvalue weighted by Crippen LogP contribution is -2.08. The average molecular weight is 247 g/mol. The van der Waals surface area contributed by atoms with Crippen molar-refractivity contribution in [3.8, 4) is 0 Å². The highest BCUT2D eigenvalue weighted by atomic mass is 16.6. The molecule has 2 aromatic rings. The second-order valence-electron chi connectivity index (χ2n) is 3.67. The Morgan fingerprint density at radius 3 is 2.89 bits per heavy atom. The number of ether oxygens (including phenoxy) is 1. The van der Waals surface area contributed by atoms with Gasteiger partial charge in [-0.2, -0.15) is 0 Å². The fourth-order valence-electron chi connectivity index (χ4n) is 1.45. The summed E-state index contributed by atoms with van der Waals surface area (Å²) < 4.78 is 10.0. The summed E-state index contributed by atoms with van der Waals surface area (Å²) >= 11 is 0. The van der Waals surface area contributed by atoms with E-state index in [0.717, 1.165) is 11.0 Å². The normalized spacial score (nSPS) is 11.6. The molecule has 0 amide bonds. The highest BCUT2D eigenvalue weighted by Gasteiger charge is 2.07. The van der Waals surface area contributed by atoms with Crippen LogP contribution >= 0.6 is 0 Å². The molecule has 1 aromatic heterocycles. The van der Waals surface area contributed by atoms with Crippen molar-refractivity contribution in [3.63, 3.8) is 0 Å². The maximum absolute atomic E-state index is 10.8. The third-order valence-electron chi connectivity index (χ3n) is 2.39. The predicted octanol–water partition coefficient (Wildman–Crippen LogP) is 2.35. The summed E-state index contributed by atoms with van der Waals surface area (Å²) in [7, 11) is 1.29. The van der Waals surface area contributed by atoms with Gasteiger partial charge in [0, 0.05) is 5.39 Å². The Bertz CT molecular complexity index is 552. The van der Waals surface area contributed by atoms with E-state index in [1.165, 1.54) is 7.11 Å². The zero-order valence-corrected chi connectivity index (χ0v) is 10.2. The van der Waals surface area contributed by atoms with Gasteiger partial charge in [-0.3, -0.25) is 0 Å². The average Bonchev–Trinajstić information content (AvgIpc) is 2.82. The van der Waals surface area contributed by atoms with E-state index in [1.807, 2.05) is 30.3 Å². The summed E-state index contributed by atoms with van der Waals surface area (Å²) in [6.07, 6.45) is 0. The van der Waals surface area contributed by atoms with Gasteiger partial charge in [0.05, 0.1) is 7.11 Å². The van der Waals surface area contributed by atoms with Crippen LogP contribution in [0.4, 0.5) is 0 Å². The van der Waals surface area contributed by atoms with Crippen molar-refractivity contribution in [3.05, 3.63) is 36.1 Å². The minimum absolute atomic E-state index is 0.214. The Labute approximate surface area is 104 Å². The number of carbonyl (C=O) groups is 1. The molecule has 5 nitrogen and oxygen atoms in total. The van der Waals surface area contributed by atoms with Crippen molar-refractivity contribution >= 4 is 22.7 Å². The van der Waals surface area contributed by atoms with E-state index in [-0.39, 0.29) is 6.61 Å². The van der Waals surface area contributed by atoms with Crippen LogP contribution in [0.1, 0.15) is 12.7 Å². The minimum atomic E-state index is -0.476. The molecule has 0 aliphatic heterocycles. The molecular weight excluding hydrogens is 234 g/mol. The van der Waals surface area contributed by atoms with Crippen molar-refractivity contribution in [1.29, 1.82) is 0 Å². The second kappa shape index (κ2) is 5.35. The Hall–Kier alpha value is -2.30. The zero-order valence-electron chi connectivity index (χ0n) is 10.2. The summed E-state index contributed by atoms with van der Waals surface area (Å²) in [6.45, 7) is 1.53. The van der Waals surface area contributed by atoms with Crippen LogP contribution in [-0.2, 0) is 14.4 Å². The number of rotatable bonds is 4. The smallest absolute Gasteiger partial charge is 0.346 e. The van der Waals surface area contributed by atoms with E-state index in [1.54, 1.807) is 6.92 Å². The summed E-state index contributed by atoms with van der Waals surface area (Å²) in [5.74, 6) is 0.136. The highest BCUT2D eigenvalue weighted by Crippen LogP contribution is 2.19. The van der Waals surface area contributed by atoms with Crippen LogP contribution in [0.3, 0.4) is 0 Å². The topological polar surface area (TPSA) is 61.0 Å². The van der Waals surface area contributed by atoms with Crippen LogP contribution < -0.4 is 0 Å². The zero-order chi connectivity index (χ0) is 13.0. The number of nitrogens with zero attached hydrogens (tertiary/aromatic N) is 1. The lowest BCUT2D eigenvalue weighted by atomic mass is 10.2. The molecule has 1 heterocycles. The lowest BCUT2D eigenvalue weighted by Gasteiger charge is -1.98. The van der Waals surface area contributed by atoms with E-state index < -0.39 is 5.97 Å². The van der Waals surface area contributed by atoms with Crippen molar-refractivity contribution in [2.45, 2.75) is 6.92 Å². The molecule has 0 spiro atoms. The number of para-hydroxylation sites is 1. The highest BCUT2D eigenvalue weighted by molar-refractivity contribution is 5.99. The molecule has 0 saturated heterocycles. The van der Waals surface area contributed by atoms with Gasteiger partial charge in [0.25, 0.3) is 0 Å². The van der Waals surface area contributed by atoms with E-state index in [4.69, 9.17) is 9.25 Å². The molecular formula is C13H13NO4. The number of benzene rings is 1. The molecule has 18 heavy (non-hydrogen) atoms. The number of esters is 1. The van der Waals surface area contributed by atoms with Crippen LogP contribution in [0, 0.1) is 0 Å². The number of oxime groups is 1. The largest absolute Gasteiger partial charge is 0.466 e. The molecule has 0 N–H and O–H groups in total. The van der Waals surface area contributed by atoms with E-state index in [0.29, 0.717) is 11.5 Å². The van der Waals surface area contributed by atoms with Crippen molar-refractivity contribution < 1.29 is 18.8 Å². The Kier molecular flexibility index (Phi) is 3.62. The third kappa shape index (κ3) is 2.68. The van der Waals surface area contributed by atoms with Crippen LogP contribution in [0.5, 0.6) is 0 Å². The number of carbonyl (C=O) groups excluding carboxylic acids is 1. The molecule has 0 radical (unpaired) electrons. The molecule has 0 saturated carbocycles. The first-order valence-electron chi connectivity index (χ1n) is 5.43. The van der Waals surface area contributed by atoms with Crippen LogP contribution in [0.15, 0.2) is 39.9 Å². The first kappa shape index (κ1) is 12.2. The van der Waals surface area contributed by atoms with Gasteiger partial charge in [0.15, 0.2) is 5.76 Å². The number of hydrogen-bond acceptors (Lipinski definition) is 5. The predicted molar refractivity (Wildman–Crippen MR) is 66.4 cm³/mol. The first-order chi connectivity index (χ1) is 8.70. The Morgan fingerprint density at radius 2 is 2.17 bits per heavy atom. The van der Waals surface area contributed by atoms with Crippen LogP contribution in [0.25, 0.3) is 11.0 Å². The van der Waals surface area contributed by atoms with Gasteiger partial charge >= 0.3 is 5.97 Å². The number of fused-ring (bicyclic) bond motifs is 1. The standard InChI is InChI=1S/C13H13NO4/c1-9(14-17-8-13(15)16-2)12-7-10-5-3-4-6-11(10)18-12/h3-7H,8H2,1-2H3/b14-9+. The van der Waals surface area contributed by atoms with Crippen molar-refractivity contribution in [2.75, 3.05) is 13.7 Å². The SMILES string of the molecule is COC(=O)CO/N=C(\C)c1cc2ccccc2o1. The number of methoxy groups -OCH3 is 1. The number of furan rings is 1.